The minimum atomic E-state index is -0.279. The Kier molecular flexibility index (Phi) is 2.44. The Bertz CT molecular complexity index is 580. The Morgan fingerprint density at radius 3 is 3.00 bits per heavy atom. The molecule has 1 aromatic heterocycles. The van der Waals surface area contributed by atoms with Crippen LogP contribution >= 0.6 is 12.2 Å². The number of aromatic nitrogens is 2. The van der Waals surface area contributed by atoms with Gasteiger partial charge in [-0.2, -0.15) is 0 Å². The number of imidazole rings is 1. The SMILES string of the molecule is C=C(C)Cn1c(=S)[nH]c2c(F)cccc21. The molecule has 1 aromatic carbocycles. The first-order valence-corrected chi connectivity index (χ1v) is 5.02. The van der Waals surface area contributed by atoms with Crippen LogP contribution in [-0.4, -0.2) is 9.55 Å². The molecule has 2 aromatic rings. The van der Waals surface area contributed by atoms with E-state index in [0.29, 0.717) is 16.8 Å². The number of hydrogen-bond donors (Lipinski definition) is 1. The second kappa shape index (κ2) is 3.62. The lowest BCUT2D eigenvalue weighted by atomic mass is 10.3. The summed E-state index contributed by atoms with van der Waals surface area (Å²) in [7, 11) is 0. The highest BCUT2D eigenvalue weighted by atomic mass is 32.1. The zero-order valence-electron chi connectivity index (χ0n) is 8.38. The predicted octanol–water partition coefficient (Wildman–Crippen LogP) is 3.41. The van der Waals surface area contributed by atoms with Gasteiger partial charge in [-0.25, -0.2) is 4.39 Å². The molecule has 0 saturated heterocycles. The van der Waals surface area contributed by atoms with E-state index in [1.54, 1.807) is 6.07 Å². The van der Waals surface area contributed by atoms with Crippen LogP contribution in [0.4, 0.5) is 4.39 Å². The molecule has 4 heteroatoms. The number of allylic oxidation sites excluding steroid dienone is 1. The maximum absolute atomic E-state index is 13.4. The van der Waals surface area contributed by atoms with Gasteiger partial charge < -0.3 is 9.55 Å². The van der Waals surface area contributed by atoms with Crippen molar-refractivity contribution in [3.05, 3.63) is 40.9 Å². The molecule has 0 aliphatic heterocycles. The Labute approximate surface area is 92.0 Å². The lowest BCUT2D eigenvalue weighted by Gasteiger charge is -2.02. The van der Waals surface area contributed by atoms with Crippen LogP contribution in [0, 0.1) is 10.6 Å². The average Bonchev–Trinajstić information content (AvgIpc) is 2.45. The second-order valence-corrected chi connectivity index (χ2v) is 3.99. The van der Waals surface area contributed by atoms with Crippen molar-refractivity contribution in [2.45, 2.75) is 13.5 Å². The highest BCUT2D eigenvalue weighted by Crippen LogP contribution is 2.17. The predicted molar refractivity (Wildman–Crippen MR) is 61.9 cm³/mol. The smallest absolute Gasteiger partial charge is 0.178 e. The first-order chi connectivity index (χ1) is 7.09. The molecule has 0 atom stereocenters. The summed E-state index contributed by atoms with van der Waals surface area (Å²) in [5.41, 5.74) is 2.23. The molecule has 2 rings (SSSR count). The van der Waals surface area contributed by atoms with Gasteiger partial charge in [-0.3, -0.25) is 0 Å². The van der Waals surface area contributed by atoms with Crippen LogP contribution in [0.15, 0.2) is 30.4 Å². The molecule has 1 N–H and O–H groups in total. The number of fused-ring (bicyclic) bond motifs is 1. The van der Waals surface area contributed by atoms with Gasteiger partial charge in [0, 0.05) is 6.54 Å². The van der Waals surface area contributed by atoms with Crippen LogP contribution < -0.4 is 0 Å². The van der Waals surface area contributed by atoms with Gasteiger partial charge in [0.1, 0.15) is 11.3 Å². The van der Waals surface area contributed by atoms with Crippen LogP contribution in [0.5, 0.6) is 0 Å². The van der Waals surface area contributed by atoms with E-state index in [-0.39, 0.29) is 5.82 Å². The van der Waals surface area contributed by atoms with Crippen LogP contribution in [0.2, 0.25) is 0 Å². The Morgan fingerprint density at radius 1 is 1.60 bits per heavy atom. The lowest BCUT2D eigenvalue weighted by molar-refractivity contribution is 0.637. The van der Waals surface area contributed by atoms with E-state index in [1.807, 2.05) is 17.6 Å². The van der Waals surface area contributed by atoms with Gasteiger partial charge in [-0.15, -0.1) is 0 Å². The van der Waals surface area contributed by atoms with E-state index in [9.17, 15) is 4.39 Å². The fraction of sp³-hybridized carbons (Fsp3) is 0.182. The number of para-hydroxylation sites is 1. The molecular formula is C11H11FN2S. The van der Waals surface area contributed by atoms with E-state index in [0.717, 1.165) is 11.1 Å². The van der Waals surface area contributed by atoms with Crippen molar-refractivity contribution in [3.63, 3.8) is 0 Å². The Hall–Kier alpha value is -1.42. The summed E-state index contributed by atoms with van der Waals surface area (Å²) in [6, 6.07) is 4.93. The molecule has 0 fully saturated rings. The number of H-pyrrole nitrogens is 1. The highest BCUT2D eigenvalue weighted by molar-refractivity contribution is 7.71. The highest BCUT2D eigenvalue weighted by Gasteiger charge is 2.07. The standard InChI is InChI=1S/C11H11FN2S/c1-7(2)6-14-9-5-3-4-8(12)10(9)13-11(14)15/h3-5H,1,6H2,2H3,(H,13,15). The van der Waals surface area contributed by atoms with E-state index in [4.69, 9.17) is 12.2 Å². The van der Waals surface area contributed by atoms with Gasteiger partial charge in [0.15, 0.2) is 4.77 Å². The zero-order chi connectivity index (χ0) is 11.0. The number of halogens is 1. The summed E-state index contributed by atoms with van der Waals surface area (Å²) in [4.78, 5) is 2.86. The van der Waals surface area contributed by atoms with Crippen molar-refractivity contribution in [1.82, 2.24) is 9.55 Å². The Morgan fingerprint density at radius 2 is 2.33 bits per heavy atom. The quantitative estimate of drug-likeness (QED) is 0.610. The third-order valence-corrected chi connectivity index (χ3v) is 2.51. The largest absolute Gasteiger partial charge is 0.328 e. The van der Waals surface area contributed by atoms with Gasteiger partial charge in [0.25, 0.3) is 0 Å². The Balaban J connectivity index is 2.74. The number of benzene rings is 1. The first-order valence-electron chi connectivity index (χ1n) is 4.61. The van der Waals surface area contributed by atoms with E-state index >= 15 is 0 Å². The number of aromatic amines is 1. The van der Waals surface area contributed by atoms with E-state index in [1.165, 1.54) is 6.07 Å². The average molecular weight is 222 g/mol. The van der Waals surface area contributed by atoms with Gasteiger partial charge >= 0.3 is 0 Å². The number of hydrogen-bond acceptors (Lipinski definition) is 1. The van der Waals surface area contributed by atoms with Gasteiger partial charge in [0.2, 0.25) is 0 Å². The summed E-state index contributed by atoms with van der Waals surface area (Å²) in [5.74, 6) is -0.279. The third kappa shape index (κ3) is 1.72. The fourth-order valence-electron chi connectivity index (χ4n) is 1.57. The van der Waals surface area contributed by atoms with Gasteiger partial charge in [-0.05, 0) is 31.3 Å². The van der Waals surface area contributed by atoms with Crippen molar-refractivity contribution in [2.24, 2.45) is 0 Å². The maximum atomic E-state index is 13.4. The van der Waals surface area contributed by atoms with Crippen molar-refractivity contribution in [3.8, 4) is 0 Å². The molecule has 0 aliphatic carbocycles. The first kappa shape index (κ1) is 10.1. The summed E-state index contributed by atoms with van der Waals surface area (Å²) < 4.78 is 15.8. The number of nitrogens with one attached hydrogen (secondary N) is 1. The molecule has 2 nitrogen and oxygen atoms in total. The second-order valence-electron chi connectivity index (χ2n) is 3.61. The third-order valence-electron chi connectivity index (χ3n) is 2.19. The normalized spacial score (nSPS) is 10.8. The molecule has 0 unspecified atom stereocenters. The molecule has 1 heterocycles. The van der Waals surface area contributed by atoms with Crippen molar-refractivity contribution >= 4 is 23.3 Å². The fourth-order valence-corrected chi connectivity index (χ4v) is 1.84. The van der Waals surface area contributed by atoms with E-state index < -0.39 is 0 Å². The molecule has 0 radical (unpaired) electrons. The minimum Gasteiger partial charge on any atom is -0.328 e. The van der Waals surface area contributed by atoms with Gasteiger partial charge in [0.05, 0.1) is 5.52 Å². The van der Waals surface area contributed by atoms with Crippen LogP contribution in [0.25, 0.3) is 11.0 Å². The van der Waals surface area contributed by atoms with Crippen LogP contribution in [-0.2, 0) is 6.54 Å². The lowest BCUT2D eigenvalue weighted by Crippen LogP contribution is -1.98. The van der Waals surface area contributed by atoms with Gasteiger partial charge in [-0.1, -0.05) is 18.2 Å². The van der Waals surface area contributed by atoms with Crippen molar-refractivity contribution in [1.29, 1.82) is 0 Å². The van der Waals surface area contributed by atoms with Crippen LogP contribution in [0.1, 0.15) is 6.92 Å². The van der Waals surface area contributed by atoms with Crippen molar-refractivity contribution in [2.75, 3.05) is 0 Å². The number of rotatable bonds is 2. The topological polar surface area (TPSA) is 20.7 Å². The monoisotopic (exact) mass is 222 g/mol. The molecule has 0 aliphatic rings. The molecule has 0 saturated carbocycles. The van der Waals surface area contributed by atoms with Crippen LogP contribution in [0.3, 0.4) is 0 Å². The maximum Gasteiger partial charge on any atom is 0.178 e. The zero-order valence-corrected chi connectivity index (χ0v) is 9.20. The molecule has 78 valence electrons. The minimum absolute atomic E-state index is 0.279. The molecular weight excluding hydrogens is 211 g/mol. The summed E-state index contributed by atoms with van der Waals surface area (Å²) in [6.07, 6.45) is 0. The molecule has 0 amide bonds. The molecule has 0 spiro atoms. The summed E-state index contributed by atoms with van der Waals surface area (Å²) >= 11 is 5.13. The summed E-state index contributed by atoms with van der Waals surface area (Å²) in [6.45, 7) is 6.36. The summed E-state index contributed by atoms with van der Waals surface area (Å²) in [5, 5.41) is 0. The number of nitrogens with zero attached hydrogens (tertiary/aromatic N) is 1. The molecule has 0 bridgehead atoms. The molecule has 15 heavy (non-hydrogen) atoms. The van der Waals surface area contributed by atoms with E-state index in [2.05, 4.69) is 11.6 Å². The van der Waals surface area contributed by atoms with Crippen molar-refractivity contribution < 1.29 is 4.39 Å².